The molecule has 3 nitrogen and oxygen atoms in total. The third-order valence-corrected chi connectivity index (χ3v) is 5.64. The van der Waals surface area contributed by atoms with Gasteiger partial charge in [0.15, 0.2) is 0 Å². The minimum absolute atomic E-state index is 0.174. The van der Waals surface area contributed by atoms with Crippen LogP contribution < -0.4 is 4.90 Å². The van der Waals surface area contributed by atoms with Crippen LogP contribution in [-0.4, -0.2) is 16.0 Å². The maximum absolute atomic E-state index is 13.6. The number of hydrogen-bond acceptors (Lipinski definition) is 2. The Morgan fingerprint density at radius 2 is 2.12 bits per heavy atom. The van der Waals surface area contributed by atoms with Gasteiger partial charge in [-0.1, -0.05) is 13.8 Å². The van der Waals surface area contributed by atoms with Crippen LogP contribution in [0.25, 0.3) is 11.0 Å². The van der Waals surface area contributed by atoms with Crippen molar-refractivity contribution in [3.05, 3.63) is 52.0 Å². The van der Waals surface area contributed by atoms with Crippen molar-refractivity contribution in [3.63, 3.8) is 0 Å². The van der Waals surface area contributed by atoms with Gasteiger partial charge >= 0.3 is 0 Å². The van der Waals surface area contributed by atoms with Crippen LogP contribution in [0.15, 0.2) is 35.1 Å². The molecule has 4 rings (SSSR count). The van der Waals surface area contributed by atoms with Gasteiger partial charge < -0.3 is 9.88 Å². The number of nitrogens with zero attached hydrogens (tertiary/aromatic N) is 2. The molecule has 0 bridgehead atoms. The van der Waals surface area contributed by atoms with Gasteiger partial charge in [-0.05, 0) is 64.5 Å². The van der Waals surface area contributed by atoms with E-state index in [2.05, 4.69) is 51.6 Å². The molecule has 24 heavy (non-hydrogen) atoms. The third kappa shape index (κ3) is 2.25. The highest BCUT2D eigenvalue weighted by atomic mass is 79.9. The molecule has 0 amide bonds. The molecule has 1 N–H and O–H groups in total. The van der Waals surface area contributed by atoms with Crippen molar-refractivity contribution in [2.24, 2.45) is 0 Å². The van der Waals surface area contributed by atoms with Crippen molar-refractivity contribution in [2.75, 3.05) is 4.90 Å². The summed E-state index contributed by atoms with van der Waals surface area (Å²) in [5.41, 5.74) is 5.27. The van der Waals surface area contributed by atoms with Crippen LogP contribution in [0.4, 0.5) is 15.8 Å². The number of benzene rings is 1. The van der Waals surface area contributed by atoms with Crippen molar-refractivity contribution in [2.45, 2.75) is 39.2 Å². The molecule has 3 heterocycles. The molecule has 1 unspecified atom stereocenters. The molecule has 3 aromatic rings. The summed E-state index contributed by atoms with van der Waals surface area (Å²) in [6, 6.07) is 5.33. The molecule has 1 aliphatic heterocycles. The SMILES string of the molecule is CC(C)c1cnc2[nH]cc(N3c4ccc(F)cc4CC3C)c2c1Br. The van der Waals surface area contributed by atoms with Crippen molar-refractivity contribution < 1.29 is 4.39 Å². The predicted octanol–water partition coefficient (Wildman–Crippen LogP) is 5.67. The lowest BCUT2D eigenvalue weighted by Crippen LogP contribution is -2.23. The van der Waals surface area contributed by atoms with Crippen LogP contribution in [-0.2, 0) is 6.42 Å². The maximum Gasteiger partial charge on any atom is 0.140 e. The van der Waals surface area contributed by atoms with E-state index in [1.54, 1.807) is 6.07 Å². The monoisotopic (exact) mass is 387 g/mol. The molecule has 5 heteroatoms. The van der Waals surface area contributed by atoms with Crippen molar-refractivity contribution >= 4 is 38.3 Å². The normalized spacial score (nSPS) is 17.1. The number of H-pyrrole nitrogens is 1. The number of pyridine rings is 1. The van der Waals surface area contributed by atoms with Crippen LogP contribution in [0.1, 0.15) is 37.8 Å². The fourth-order valence-electron chi connectivity index (χ4n) is 3.61. The number of hydrogen-bond donors (Lipinski definition) is 1. The largest absolute Gasteiger partial charge is 0.344 e. The Balaban J connectivity index is 1.93. The lowest BCUT2D eigenvalue weighted by Gasteiger charge is -2.25. The quantitative estimate of drug-likeness (QED) is 0.613. The van der Waals surface area contributed by atoms with Crippen LogP contribution in [0.3, 0.4) is 0 Å². The molecule has 2 aromatic heterocycles. The fraction of sp³-hybridized carbons (Fsp3) is 0.316. The van der Waals surface area contributed by atoms with Crippen LogP contribution >= 0.6 is 15.9 Å². The van der Waals surface area contributed by atoms with Crippen LogP contribution in [0, 0.1) is 5.82 Å². The minimum atomic E-state index is -0.174. The Morgan fingerprint density at radius 1 is 1.33 bits per heavy atom. The molecular formula is C19H19BrFN3. The zero-order valence-electron chi connectivity index (χ0n) is 13.9. The second kappa shape index (κ2) is 5.59. The summed E-state index contributed by atoms with van der Waals surface area (Å²) in [5, 5.41) is 1.09. The van der Waals surface area contributed by atoms with Crippen LogP contribution in [0.5, 0.6) is 0 Å². The Bertz CT molecular complexity index is 932. The van der Waals surface area contributed by atoms with Crippen LogP contribution in [0.2, 0.25) is 0 Å². The third-order valence-electron chi connectivity index (χ3n) is 4.78. The highest BCUT2D eigenvalue weighted by Gasteiger charge is 2.30. The van der Waals surface area contributed by atoms with Gasteiger partial charge in [0.05, 0.1) is 11.1 Å². The van der Waals surface area contributed by atoms with E-state index in [9.17, 15) is 4.39 Å². The molecule has 0 saturated heterocycles. The van der Waals surface area contributed by atoms with E-state index < -0.39 is 0 Å². The van der Waals surface area contributed by atoms with Gasteiger partial charge in [-0.2, -0.15) is 0 Å². The summed E-state index contributed by atoms with van der Waals surface area (Å²) >= 11 is 3.78. The van der Waals surface area contributed by atoms with E-state index in [0.29, 0.717) is 5.92 Å². The number of aromatic amines is 1. The maximum atomic E-state index is 13.6. The fourth-order valence-corrected chi connectivity index (χ4v) is 4.57. The molecule has 0 fully saturated rings. The summed E-state index contributed by atoms with van der Waals surface area (Å²) in [5.74, 6) is 0.211. The molecule has 0 aliphatic carbocycles. The van der Waals surface area contributed by atoms with Crippen molar-refractivity contribution in [1.82, 2.24) is 9.97 Å². The molecule has 1 aliphatic rings. The number of aromatic nitrogens is 2. The second-order valence-corrected chi connectivity index (χ2v) is 7.57. The van der Waals surface area contributed by atoms with Gasteiger partial charge in [0.1, 0.15) is 11.5 Å². The van der Waals surface area contributed by atoms with E-state index in [1.165, 1.54) is 11.6 Å². The molecule has 1 atom stereocenters. The standard InChI is InChI=1S/C19H19BrFN3/c1-10(2)14-8-22-19-17(18(14)20)16(9-23-19)24-11(3)6-12-7-13(21)4-5-15(12)24/h4-5,7-11H,6H2,1-3H3,(H,22,23). The average Bonchev–Trinajstić information content (AvgIpc) is 3.07. The summed E-state index contributed by atoms with van der Waals surface area (Å²) in [4.78, 5) is 10.1. The van der Waals surface area contributed by atoms with Gasteiger partial charge in [-0.25, -0.2) is 9.37 Å². The summed E-state index contributed by atoms with van der Waals surface area (Å²) in [7, 11) is 0. The van der Waals surface area contributed by atoms with Gasteiger partial charge in [-0.3, -0.25) is 0 Å². The smallest absolute Gasteiger partial charge is 0.140 e. The van der Waals surface area contributed by atoms with Gasteiger partial charge in [0.2, 0.25) is 0 Å². The van der Waals surface area contributed by atoms with E-state index in [0.717, 1.165) is 38.9 Å². The first-order valence-corrected chi connectivity index (χ1v) is 8.99. The van der Waals surface area contributed by atoms with E-state index in [4.69, 9.17) is 0 Å². The Hall–Kier alpha value is -1.88. The number of nitrogens with one attached hydrogen (secondary N) is 1. The lowest BCUT2D eigenvalue weighted by atomic mass is 10.0. The summed E-state index contributed by atoms with van der Waals surface area (Å²) < 4.78 is 14.7. The van der Waals surface area contributed by atoms with Gasteiger partial charge in [-0.15, -0.1) is 0 Å². The molecular weight excluding hydrogens is 369 g/mol. The Kier molecular flexibility index (Phi) is 3.64. The number of rotatable bonds is 2. The second-order valence-electron chi connectivity index (χ2n) is 6.78. The summed E-state index contributed by atoms with van der Waals surface area (Å²) in [6.45, 7) is 6.50. The zero-order valence-corrected chi connectivity index (χ0v) is 15.5. The highest BCUT2D eigenvalue weighted by Crippen LogP contribution is 2.44. The first-order chi connectivity index (χ1) is 11.5. The van der Waals surface area contributed by atoms with Gasteiger partial charge in [0.25, 0.3) is 0 Å². The molecule has 0 radical (unpaired) electrons. The van der Waals surface area contributed by atoms with Crippen molar-refractivity contribution in [1.29, 1.82) is 0 Å². The Morgan fingerprint density at radius 3 is 2.88 bits per heavy atom. The first-order valence-electron chi connectivity index (χ1n) is 8.20. The summed E-state index contributed by atoms with van der Waals surface area (Å²) in [6.07, 6.45) is 4.77. The number of anilines is 2. The lowest BCUT2D eigenvalue weighted by molar-refractivity contribution is 0.626. The predicted molar refractivity (Wildman–Crippen MR) is 99.6 cm³/mol. The molecule has 0 saturated carbocycles. The first kappa shape index (κ1) is 15.6. The zero-order chi connectivity index (χ0) is 17.0. The Labute approximate surface area is 149 Å². The molecule has 1 aromatic carbocycles. The molecule has 124 valence electrons. The molecule has 0 spiro atoms. The van der Waals surface area contributed by atoms with Gasteiger partial charge in [0, 0.05) is 28.6 Å². The highest BCUT2D eigenvalue weighted by molar-refractivity contribution is 9.10. The minimum Gasteiger partial charge on any atom is -0.344 e. The van der Waals surface area contributed by atoms with E-state index in [-0.39, 0.29) is 11.9 Å². The van der Waals surface area contributed by atoms with Crippen molar-refractivity contribution in [3.8, 4) is 0 Å². The average molecular weight is 388 g/mol. The van der Waals surface area contributed by atoms with E-state index in [1.807, 2.05) is 18.5 Å². The van der Waals surface area contributed by atoms with E-state index >= 15 is 0 Å². The number of fused-ring (bicyclic) bond motifs is 2. The topological polar surface area (TPSA) is 31.9 Å². The number of halogens is 2.